The summed E-state index contributed by atoms with van der Waals surface area (Å²) < 4.78 is 0. The zero-order valence-electron chi connectivity index (χ0n) is 7.03. The van der Waals surface area contributed by atoms with Crippen molar-refractivity contribution < 1.29 is 0 Å². The van der Waals surface area contributed by atoms with Crippen molar-refractivity contribution >= 4 is 37.8 Å². The summed E-state index contributed by atoms with van der Waals surface area (Å²) in [6.07, 6.45) is 0. The summed E-state index contributed by atoms with van der Waals surface area (Å²) in [6, 6.07) is 0. The molecule has 0 aromatic heterocycles. The first-order valence-corrected chi connectivity index (χ1v) is 5.03. The first-order chi connectivity index (χ1) is 5.59. The monoisotopic (exact) mass is 194 g/mol. The molecule has 1 nitrogen and oxygen atoms in total. The van der Waals surface area contributed by atoms with E-state index in [9.17, 15) is 0 Å². The summed E-state index contributed by atoms with van der Waals surface area (Å²) >= 11 is 5.60. The van der Waals surface area contributed by atoms with Crippen molar-refractivity contribution in [2.75, 3.05) is 7.05 Å². The van der Waals surface area contributed by atoms with Crippen LogP contribution in [-0.4, -0.2) is 30.9 Å². The Kier molecular flexibility index (Phi) is 3.29. The Morgan fingerprint density at radius 2 is 2.17 bits per heavy atom. The van der Waals surface area contributed by atoms with E-state index < -0.39 is 0 Å². The fourth-order valence-corrected chi connectivity index (χ4v) is 2.38. The van der Waals surface area contributed by atoms with Gasteiger partial charge in [-0.3, -0.25) is 0 Å². The third-order valence-electron chi connectivity index (χ3n) is 2.11. The van der Waals surface area contributed by atoms with Gasteiger partial charge < -0.3 is 4.90 Å². The largest absolute Gasteiger partial charge is 0.352 e. The van der Waals surface area contributed by atoms with Gasteiger partial charge in [-0.15, -0.1) is 0 Å². The van der Waals surface area contributed by atoms with E-state index in [0.29, 0.717) is 0 Å². The molecule has 1 aliphatic heterocycles. The molecule has 1 aliphatic rings. The second kappa shape index (κ2) is 3.88. The van der Waals surface area contributed by atoms with Crippen molar-refractivity contribution in [3.63, 3.8) is 0 Å². The van der Waals surface area contributed by atoms with E-state index in [1.165, 1.54) is 0 Å². The van der Waals surface area contributed by atoms with Gasteiger partial charge in [0.2, 0.25) is 0 Å². The van der Waals surface area contributed by atoms with E-state index in [4.69, 9.17) is 7.85 Å². The smallest absolute Gasteiger partial charge is 0.264 e. The van der Waals surface area contributed by atoms with E-state index in [-0.39, 0.29) is 11.1 Å². The molecule has 0 aromatic carbocycles. The van der Waals surface area contributed by atoms with Gasteiger partial charge in [0.15, 0.2) is 0 Å². The van der Waals surface area contributed by atoms with Crippen LogP contribution >= 0.6 is 24.1 Å². The predicted octanol–water partition coefficient (Wildman–Crippen LogP) is 1.48. The highest BCUT2D eigenvalue weighted by atomic mass is 32.2. The zero-order valence-corrected chi connectivity index (χ0v) is 8.74. The molecular weight excluding hydrogens is 184 g/mol. The third kappa shape index (κ3) is 1.57. The molecule has 0 amide bonds. The molecule has 0 bridgehead atoms. The number of hydrogen-bond donors (Lipinski definition) is 1. The second-order valence-corrected chi connectivity index (χ2v) is 4.35. The summed E-state index contributed by atoms with van der Waals surface area (Å²) in [5.74, 6) is 1.71. The van der Waals surface area contributed by atoms with Crippen LogP contribution in [0.5, 0.6) is 0 Å². The molecule has 1 rings (SSSR count). The van der Waals surface area contributed by atoms with Crippen LogP contribution in [0.2, 0.25) is 5.82 Å². The number of thiol groups is 1. The highest BCUT2D eigenvalue weighted by molar-refractivity contribution is 8.44. The van der Waals surface area contributed by atoms with Gasteiger partial charge >= 0.3 is 0 Å². The third-order valence-corrected chi connectivity index (χ3v) is 3.45. The average molecular weight is 194 g/mol. The Bertz CT molecular complexity index is 219. The van der Waals surface area contributed by atoms with Gasteiger partial charge in [-0.2, -0.15) is 11.6 Å². The normalized spacial score (nSPS) is 29.7. The molecule has 0 N–H and O–H groups in total. The maximum Gasteiger partial charge on any atom is 0.264 e. The Morgan fingerprint density at radius 1 is 1.58 bits per heavy atom. The molecule has 61 valence electrons. The minimum Gasteiger partial charge on any atom is -0.352 e. The van der Waals surface area contributed by atoms with Crippen molar-refractivity contribution in [3.8, 4) is 0 Å². The molecule has 0 aromatic rings. The summed E-state index contributed by atoms with van der Waals surface area (Å²) in [6.45, 7) is 7.83. The van der Waals surface area contributed by atoms with Gasteiger partial charge in [0.1, 0.15) is 0 Å². The van der Waals surface area contributed by atoms with Crippen LogP contribution in [0.4, 0.5) is 0 Å². The number of rotatable bonds is 2. The highest BCUT2D eigenvalue weighted by Crippen LogP contribution is 2.42. The molecule has 1 fully saturated rings. The van der Waals surface area contributed by atoms with Gasteiger partial charge in [0.25, 0.3) is 5.84 Å². The second-order valence-electron chi connectivity index (χ2n) is 2.73. The van der Waals surface area contributed by atoms with Crippen LogP contribution in [0, 0.1) is 0 Å². The maximum atomic E-state index is 5.91. The van der Waals surface area contributed by atoms with Gasteiger partial charge in [0.05, 0.1) is 7.85 Å². The van der Waals surface area contributed by atoms with Gasteiger partial charge in [0, 0.05) is 23.7 Å². The Morgan fingerprint density at radius 3 is 2.50 bits per heavy atom. The molecule has 1 heterocycles. The van der Waals surface area contributed by atoms with E-state index in [1.54, 1.807) is 17.4 Å². The Labute approximate surface area is 85.5 Å². The molecule has 5 heteroatoms. The van der Waals surface area contributed by atoms with Crippen molar-refractivity contribution in [1.29, 1.82) is 0 Å². The van der Waals surface area contributed by atoms with Crippen LogP contribution in [-0.2, 0) is 0 Å². The minimum atomic E-state index is -0.0316. The number of allylic oxidation sites excluding steroid dienone is 1. The summed E-state index contributed by atoms with van der Waals surface area (Å²) in [4.78, 5) is 1.94. The predicted molar refractivity (Wildman–Crippen MR) is 61.7 cm³/mol. The van der Waals surface area contributed by atoms with Crippen LogP contribution < -0.4 is 0 Å². The molecule has 0 spiro atoms. The number of nitrogens with zero attached hydrogens (tertiary/aromatic N) is 1. The molecule has 12 heavy (non-hydrogen) atoms. The molecular formula is C7H10B2NS2. The van der Waals surface area contributed by atoms with E-state index in [1.807, 2.05) is 11.9 Å². The Balaban J connectivity index is 2.76. The molecule has 3 radical (unpaired) electrons. The summed E-state index contributed by atoms with van der Waals surface area (Å²) in [5.41, 5.74) is 1.93. The van der Waals surface area contributed by atoms with Crippen LogP contribution in [0.3, 0.4) is 0 Å². The molecule has 2 atom stereocenters. The van der Waals surface area contributed by atoms with E-state index >= 15 is 0 Å². The average Bonchev–Trinajstić information content (AvgIpc) is 2.23. The lowest BCUT2D eigenvalue weighted by atomic mass is 9.84. The lowest BCUT2D eigenvalue weighted by molar-refractivity contribution is 0.565. The molecule has 0 aliphatic carbocycles. The lowest BCUT2D eigenvalue weighted by Crippen LogP contribution is -2.10. The van der Waals surface area contributed by atoms with E-state index in [2.05, 4.69) is 25.6 Å². The maximum absolute atomic E-state index is 5.91. The number of likely N-dealkylation sites (tertiary alicyclic amines) is 1. The van der Waals surface area contributed by atoms with Crippen LogP contribution in [0.15, 0.2) is 24.6 Å². The highest BCUT2D eigenvalue weighted by Gasteiger charge is 2.33. The van der Waals surface area contributed by atoms with Crippen LogP contribution in [0.25, 0.3) is 0 Å². The number of hydrogen-bond acceptors (Lipinski definition) is 3. The van der Waals surface area contributed by atoms with Gasteiger partial charge in [-0.25, -0.2) is 12.5 Å². The minimum absolute atomic E-state index is 0.0316. The molecule has 0 saturated carbocycles. The van der Waals surface area contributed by atoms with Crippen molar-refractivity contribution in [1.82, 2.24) is 4.90 Å². The first kappa shape index (κ1) is 10.2. The van der Waals surface area contributed by atoms with Crippen LogP contribution in [0.1, 0.15) is 0 Å². The molecule has 1 saturated heterocycles. The first-order valence-electron chi connectivity index (χ1n) is 3.58. The van der Waals surface area contributed by atoms with Crippen molar-refractivity contribution in [3.05, 3.63) is 24.6 Å². The quantitative estimate of drug-likeness (QED) is 0.523. The Hall–Kier alpha value is 0.110. The van der Waals surface area contributed by atoms with Crippen molar-refractivity contribution in [2.45, 2.75) is 11.1 Å². The summed E-state index contributed by atoms with van der Waals surface area (Å²) in [5, 5.41) is 0.194. The fraction of sp³-hybridized carbons (Fsp3) is 0.429. The topological polar surface area (TPSA) is 3.24 Å². The zero-order chi connectivity index (χ0) is 9.30. The van der Waals surface area contributed by atoms with Gasteiger partial charge in [-0.1, -0.05) is 13.2 Å². The molecule has 2 unspecified atom stereocenters. The standard InChI is InChI=1S/C7H10B2NS2/c1-4-6(8)7(12-9-11)5(2)10(4)3/h6-7,11H,1-2H2,3H3. The van der Waals surface area contributed by atoms with Gasteiger partial charge in [-0.05, 0) is 5.82 Å². The van der Waals surface area contributed by atoms with E-state index in [0.717, 1.165) is 11.4 Å². The van der Waals surface area contributed by atoms with Crippen molar-refractivity contribution in [2.24, 2.45) is 0 Å². The SMILES string of the molecule is [B]C1C(=C)N(C)C(=C)C1S[B]S. The lowest BCUT2D eigenvalue weighted by Gasteiger charge is -2.14. The fourth-order valence-electron chi connectivity index (χ4n) is 1.21. The summed E-state index contributed by atoms with van der Waals surface area (Å²) in [7, 11) is 7.85.